The largest absolute Gasteiger partial charge is 0.374 e. The molecule has 4 N–H and O–H groups in total. The molecule has 114 valence electrons. The number of nitrogens with zero attached hydrogens (tertiary/aromatic N) is 2. The average Bonchev–Trinajstić information content (AvgIpc) is 2.46. The van der Waals surface area contributed by atoms with Gasteiger partial charge in [-0.1, -0.05) is 26.7 Å². The van der Waals surface area contributed by atoms with Gasteiger partial charge in [-0.3, -0.25) is 0 Å². The minimum atomic E-state index is 0.352. The molecule has 0 saturated heterocycles. The second-order valence-corrected chi connectivity index (χ2v) is 4.85. The van der Waals surface area contributed by atoms with Crippen LogP contribution in [0, 0.1) is 5.92 Å². The smallest absolute Gasteiger partial charge is 0.158 e. The van der Waals surface area contributed by atoms with Crippen LogP contribution in [-0.2, 0) is 11.3 Å². The van der Waals surface area contributed by atoms with Crippen molar-refractivity contribution in [1.82, 2.24) is 9.97 Å². The van der Waals surface area contributed by atoms with Crippen LogP contribution in [0.15, 0.2) is 6.07 Å². The van der Waals surface area contributed by atoms with Gasteiger partial charge in [0.15, 0.2) is 5.82 Å². The van der Waals surface area contributed by atoms with E-state index in [1.165, 1.54) is 0 Å². The SMILES string of the molecule is CCOCc1nc(NN)cc(NC(C)C(CC)CC)n1. The molecule has 6 nitrogen and oxygen atoms in total. The predicted octanol–water partition coefficient (Wildman–Crippen LogP) is 2.54. The molecule has 0 saturated carbocycles. The number of aromatic nitrogens is 2. The van der Waals surface area contributed by atoms with Crippen LogP contribution in [0.4, 0.5) is 11.6 Å². The molecule has 0 aliphatic carbocycles. The molecule has 0 aromatic carbocycles. The Labute approximate surface area is 121 Å². The highest BCUT2D eigenvalue weighted by Crippen LogP contribution is 2.18. The lowest BCUT2D eigenvalue weighted by molar-refractivity contribution is 0.128. The summed E-state index contributed by atoms with van der Waals surface area (Å²) < 4.78 is 5.35. The Bertz CT molecular complexity index is 395. The van der Waals surface area contributed by atoms with Gasteiger partial charge < -0.3 is 15.5 Å². The molecular formula is C14H27N5O. The molecule has 0 amide bonds. The van der Waals surface area contributed by atoms with E-state index in [0.29, 0.717) is 36.8 Å². The first-order valence-electron chi connectivity index (χ1n) is 7.33. The van der Waals surface area contributed by atoms with Crippen LogP contribution in [0.5, 0.6) is 0 Å². The topological polar surface area (TPSA) is 85.1 Å². The van der Waals surface area contributed by atoms with E-state index >= 15 is 0 Å². The van der Waals surface area contributed by atoms with E-state index in [4.69, 9.17) is 10.6 Å². The zero-order valence-electron chi connectivity index (χ0n) is 12.9. The minimum Gasteiger partial charge on any atom is -0.374 e. The fourth-order valence-corrected chi connectivity index (χ4v) is 2.25. The molecule has 1 atom stereocenters. The van der Waals surface area contributed by atoms with Crippen LogP contribution < -0.4 is 16.6 Å². The van der Waals surface area contributed by atoms with Crippen LogP contribution in [0.2, 0.25) is 0 Å². The number of nitrogens with two attached hydrogens (primary N) is 1. The highest BCUT2D eigenvalue weighted by molar-refractivity contribution is 5.47. The van der Waals surface area contributed by atoms with Crippen molar-refractivity contribution >= 4 is 11.6 Å². The third-order valence-electron chi connectivity index (χ3n) is 3.49. The maximum absolute atomic E-state index is 5.45. The number of hydrazine groups is 1. The summed E-state index contributed by atoms with van der Waals surface area (Å²) in [6, 6.07) is 2.17. The van der Waals surface area contributed by atoms with Crippen molar-refractivity contribution in [3.8, 4) is 0 Å². The van der Waals surface area contributed by atoms with Crippen molar-refractivity contribution in [3.05, 3.63) is 11.9 Å². The maximum atomic E-state index is 5.45. The Kier molecular flexibility index (Phi) is 7.25. The van der Waals surface area contributed by atoms with Crippen LogP contribution in [0.3, 0.4) is 0 Å². The standard InChI is InChI=1S/C14H27N5O/c1-5-11(6-2)10(4)16-12-8-13(19-15)18-14(17-12)9-20-7-3/h8,10-11H,5-7,9,15H2,1-4H3,(H2,16,17,18,19). The summed E-state index contributed by atoms with van der Waals surface area (Å²) in [7, 11) is 0. The third kappa shape index (κ3) is 4.94. The van der Waals surface area contributed by atoms with Gasteiger partial charge in [0, 0.05) is 18.7 Å². The monoisotopic (exact) mass is 281 g/mol. The molecular weight excluding hydrogens is 254 g/mol. The van der Waals surface area contributed by atoms with Crippen molar-refractivity contribution in [3.63, 3.8) is 0 Å². The number of nitrogen functional groups attached to an aromatic ring is 1. The number of anilines is 2. The van der Waals surface area contributed by atoms with Crippen LogP contribution in [0.25, 0.3) is 0 Å². The molecule has 20 heavy (non-hydrogen) atoms. The molecule has 0 radical (unpaired) electrons. The second kappa shape index (κ2) is 8.71. The fraction of sp³-hybridized carbons (Fsp3) is 0.714. The molecule has 1 unspecified atom stereocenters. The third-order valence-corrected chi connectivity index (χ3v) is 3.49. The van der Waals surface area contributed by atoms with Crippen molar-refractivity contribution in [1.29, 1.82) is 0 Å². The zero-order valence-corrected chi connectivity index (χ0v) is 12.9. The van der Waals surface area contributed by atoms with Crippen LogP contribution in [0.1, 0.15) is 46.4 Å². The highest BCUT2D eigenvalue weighted by Gasteiger charge is 2.14. The molecule has 0 bridgehead atoms. The maximum Gasteiger partial charge on any atom is 0.158 e. The summed E-state index contributed by atoms with van der Waals surface area (Å²) in [4.78, 5) is 8.74. The lowest BCUT2D eigenvalue weighted by Crippen LogP contribution is -2.26. The van der Waals surface area contributed by atoms with Gasteiger partial charge in [0.2, 0.25) is 0 Å². The summed E-state index contributed by atoms with van der Waals surface area (Å²) in [5, 5.41) is 3.43. The second-order valence-electron chi connectivity index (χ2n) is 4.85. The summed E-state index contributed by atoms with van der Waals surface area (Å²) in [5.74, 6) is 8.07. The van der Waals surface area contributed by atoms with Crippen LogP contribution in [-0.4, -0.2) is 22.6 Å². The summed E-state index contributed by atoms with van der Waals surface area (Å²) in [6.07, 6.45) is 2.28. The summed E-state index contributed by atoms with van der Waals surface area (Å²) in [5.41, 5.74) is 2.57. The van der Waals surface area contributed by atoms with Gasteiger partial charge >= 0.3 is 0 Å². The van der Waals surface area contributed by atoms with Crippen LogP contribution >= 0.6 is 0 Å². The predicted molar refractivity (Wildman–Crippen MR) is 82.3 cm³/mol. The van der Waals surface area contributed by atoms with Crippen molar-refractivity contribution in [2.75, 3.05) is 17.3 Å². The van der Waals surface area contributed by atoms with E-state index in [9.17, 15) is 0 Å². The molecule has 0 spiro atoms. The van der Waals surface area contributed by atoms with E-state index in [1.54, 1.807) is 0 Å². The number of nitrogens with one attached hydrogen (secondary N) is 2. The Balaban J connectivity index is 2.82. The zero-order chi connectivity index (χ0) is 15.0. The normalized spacial score (nSPS) is 12.5. The quantitative estimate of drug-likeness (QED) is 0.476. The molecule has 0 aliphatic rings. The molecule has 0 fully saturated rings. The van der Waals surface area contributed by atoms with Gasteiger partial charge in [-0.15, -0.1) is 0 Å². The van der Waals surface area contributed by atoms with Gasteiger partial charge in [-0.25, -0.2) is 15.8 Å². The highest BCUT2D eigenvalue weighted by atomic mass is 16.5. The lowest BCUT2D eigenvalue weighted by atomic mass is 9.95. The Morgan fingerprint density at radius 3 is 2.40 bits per heavy atom. The molecule has 1 rings (SSSR count). The number of ether oxygens (including phenoxy) is 1. The molecule has 6 heteroatoms. The van der Waals surface area contributed by atoms with Gasteiger partial charge in [-0.2, -0.15) is 0 Å². The van der Waals surface area contributed by atoms with E-state index in [0.717, 1.165) is 18.7 Å². The van der Waals surface area contributed by atoms with E-state index in [1.807, 2.05) is 13.0 Å². The van der Waals surface area contributed by atoms with Crippen molar-refractivity contribution in [2.24, 2.45) is 11.8 Å². The van der Waals surface area contributed by atoms with Gasteiger partial charge in [-0.05, 0) is 19.8 Å². The molecule has 1 heterocycles. The Morgan fingerprint density at radius 1 is 1.20 bits per heavy atom. The van der Waals surface area contributed by atoms with E-state index < -0.39 is 0 Å². The van der Waals surface area contributed by atoms with E-state index in [-0.39, 0.29) is 0 Å². The van der Waals surface area contributed by atoms with Gasteiger partial charge in [0.25, 0.3) is 0 Å². The first kappa shape index (κ1) is 16.7. The molecule has 1 aromatic rings. The first-order chi connectivity index (χ1) is 9.64. The first-order valence-corrected chi connectivity index (χ1v) is 7.33. The summed E-state index contributed by atoms with van der Waals surface area (Å²) >= 11 is 0. The van der Waals surface area contributed by atoms with E-state index in [2.05, 4.69) is 41.5 Å². The average molecular weight is 281 g/mol. The fourth-order valence-electron chi connectivity index (χ4n) is 2.25. The van der Waals surface area contributed by atoms with Crippen molar-refractivity contribution < 1.29 is 4.74 Å². The molecule has 1 aromatic heterocycles. The molecule has 0 aliphatic heterocycles. The summed E-state index contributed by atoms with van der Waals surface area (Å²) in [6.45, 7) is 9.56. The number of rotatable bonds is 9. The lowest BCUT2D eigenvalue weighted by Gasteiger charge is -2.23. The van der Waals surface area contributed by atoms with Crippen molar-refractivity contribution in [2.45, 2.75) is 53.2 Å². The van der Waals surface area contributed by atoms with Gasteiger partial charge in [0.1, 0.15) is 18.2 Å². The van der Waals surface area contributed by atoms with Gasteiger partial charge in [0.05, 0.1) is 0 Å². The minimum absolute atomic E-state index is 0.352. The Morgan fingerprint density at radius 2 is 1.85 bits per heavy atom. The Hall–Kier alpha value is -1.40. The number of hydrogen-bond acceptors (Lipinski definition) is 6. The number of hydrogen-bond donors (Lipinski definition) is 3.